The maximum atomic E-state index is 12.1. The van der Waals surface area contributed by atoms with Gasteiger partial charge >= 0.3 is 0 Å². The number of H-pyrrole nitrogens is 1. The number of nitrogens with one attached hydrogen (secondary N) is 2. The normalized spacial score (nSPS) is 14.7. The highest BCUT2D eigenvalue weighted by molar-refractivity contribution is 5.90. The third-order valence-corrected chi connectivity index (χ3v) is 3.69. The van der Waals surface area contributed by atoms with Gasteiger partial charge in [-0.25, -0.2) is 10.1 Å². The van der Waals surface area contributed by atoms with Gasteiger partial charge in [0.25, 0.3) is 5.91 Å². The average Bonchev–Trinajstić information content (AvgIpc) is 3.17. The molecule has 2 aromatic rings. The molecule has 2 N–H and O–H groups in total. The minimum atomic E-state index is -0.266. The fourth-order valence-electron chi connectivity index (χ4n) is 2.54. The van der Waals surface area contributed by atoms with Crippen molar-refractivity contribution in [2.45, 2.75) is 39.0 Å². The maximum absolute atomic E-state index is 12.1. The first-order valence-corrected chi connectivity index (χ1v) is 7.49. The van der Waals surface area contributed by atoms with Crippen LogP contribution in [0, 0.1) is 6.92 Å². The van der Waals surface area contributed by atoms with Crippen molar-refractivity contribution >= 4 is 5.91 Å². The molecule has 2 aromatic heterocycles. The lowest BCUT2D eigenvalue weighted by molar-refractivity contribution is 0.0943. The summed E-state index contributed by atoms with van der Waals surface area (Å²) in [4.78, 5) is 20.3. The molecule has 1 aliphatic carbocycles. The van der Waals surface area contributed by atoms with Crippen molar-refractivity contribution in [2.75, 3.05) is 6.54 Å². The number of hydrogen-bond acceptors (Lipinski definition) is 5. The standard InChI is InChI=1S/C14H19N7O/c1-10-18-12(20-21(10)14-16-9-17-19-14)13(22)15-8-7-11-5-3-2-4-6-11/h5,9H,2-4,6-8H2,1H3,(H,15,22)(H,16,17,19). The summed E-state index contributed by atoms with van der Waals surface area (Å²) in [6, 6.07) is 0. The molecule has 0 spiro atoms. The Kier molecular flexibility index (Phi) is 4.27. The number of allylic oxidation sites excluding steroid dienone is 1. The van der Waals surface area contributed by atoms with Gasteiger partial charge in [-0.1, -0.05) is 11.6 Å². The van der Waals surface area contributed by atoms with E-state index in [9.17, 15) is 4.79 Å². The minimum Gasteiger partial charge on any atom is -0.349 e. The van der Waals surface area contributed by atoms with E-state index in [0.717, 1.165) is 19.3 Å². The van der Waals surface area contributed by atoms with Crippen LogP contribution in [-0.2, 0) is 0 Å². The number of aromatic amines is 1. The molecule has 8 nitrogen and oxygen atoms in total. The first-order chi connectivity index (χ1) is 10.7. The fourth-order valence-corrected chi connectivity index (χ4v) is 2.54. The maximum Gasteiger partial charge on any atom is 0.290 e. The van der Waals surface area contributed by atoms with Crippen LogP contribution < -0.4 is 5.32 Å². The van der Waals surface area contributed by atoms with E-state index in [1.165, 1.54) is 29.4 Å². The van der Waals surface area contributed by atoms with E-state index in [1.807, 2.05) is 0 Å². The predicted molar refractivity (Wildman–Crippen MR) is 79.5 cm³/mol. The van der Waals surface area contributed by atoms with Gasteiger partial charge in [-0.2, -0.15) is 14.8 Å². The summed E-state index contributed by atoms with van der Waals surface area (Å²) in [7, 11) is 0. The Hall–Kier alpha value is -2.51. The van der Waals surface area contributed by atoms with Gasteiger partial charge in [-0.3, -0.25) is 4.79 Å². The molecule has 0 fully saturated rings. The Bertz CT molecular complexity index is 671. The smallest absolute Gasteiger partial charge is 0.290 e. The SMILES string of the molecule is Cc1nc(C(=O)NCCC2=CCCCC2)nn1-c1ncn[nH]1. The number of carbonyl (C=O) groups is 1. The zero-order chi connectivity index (χ0) is 15.4. The number of amides is 1. The van der Waals surface area contributed by atoms with Crippen LogP contribution in [0.4, 0.5) is 0 Å². The van der Waals surface area contributed by atoms with Crippen molar-refractivity contribution in [3.8, 4) is 5.95 Å². The van der Waals surface area contributed by atoms with Crippen LogP contribution in [0.15, 0.2) is 18.0 Å². The van der Waals surface area contributed by atoms with E-state index in [1.54, 1.807) is 6.92 Å². The lowest BCUT2D eigenvalue weighted by Gasteiger charge is -2.12. The predicted octanol–water partition coefficient (Wildman–Crippen LogP) is 1.31. The van der Waals surface area contributed by atoms with Crippen LogP contribution in [0.5, 0.6) is 0 Å². The van der Waals surface area contributed by atoms with Gasteiger partial charge in [0.05, 0.1) is 0 Å². The van der Waals surface area contributed by atoms with Gasteiger partial charge in [-0.05, 0) is 39.0 Å². The third kappa shape index (κ3) is 3.21. The van der Waals surface area contributed by atoms with Crippen molar-refractivity contribution < 1.29 is 4.79 Å². The highest BCUT2D eigenvalue weighted by Gasteiger charge is 2.16. The van der Waals surface area contributed by atoms with Crippen molar-refractivity contribution in [2.24, 2.45) is 0 Å². The Morgan fingerprint density at radius 2 is 2.36 bits per heavy atom. The summed E-state index contributed by atoms with van der Waals surface area (Å²) in [5.41, 5.74) is 1.43. The zero-order valence-electron chi connectivity index (χ0n) is 12.5. The molecule has 0 saturated carbocycles. The van der Waals surface area contributed by atoms with Crippen molar-refractivity contribution in [1.29, 1.82) is 0 Å². The summed E-state index contributed by atoms with van der Waals surface area (Å²) < 4.78 is 1.46. The summed E-state index contributed by atoms with van der Waals surface area (Å²) in [5, 5.41) is 13.5. The molecule has 1 aliphatic rings. The largest absolute Gasteiger partial charge is 0.349 e. The second-order valence-corrected chi connectivity index (χ2v) is 5.32. The van der Waals surface area contributed by atoms with Gasteiger partial charge in [-0.15, -0.1) is 5.10 Å². The van der Waals surface area contributed by atoms with E-state index in [-0.39, 0.29) is 11.7 Å². The van der Waals surface area contributed by atoms with Crippen molar-refractivity contribution in [1.82, 2.24) is 35.3 Å². The van der Waals surface area contributed by atoms with Crippen molar-refractivity contribution in [3.63, 3.8) is 0 Å². The molecule has 0 saturated heterocycles. The molecule has 1 amide bonds. The Labute approximate surface area is 128 Å². The minimum absolute atomic E-state index is 0.145. The first-order valence-electron chi connectivity index (χ1n) is 7.49. The van der Waals surface area contributed by atoms with E-state index < -0.39 is 0 Å². The number of aryl methyl sites for hydroxylation is 1. The lowest BCUT2D eigenvalue weighted by Crippen LogP contribution is -2.26. The highest BCUT2D eigenvalue weighted by Crippen LogP contribution is 2.19. The molecule has 22 heavy (non-hydrogen) atoms. The van der Waals surface area contributed by atoms with Gasteiger partial charge in [0.15, 0.2) is 0 Å². The second-order valence-electron chi connectivity index (χ2n) is 5.32. The number of nitrogens with zero attached hydrogens (tertiary/aromatic N) is 5. The number of rotatable bonds is 5. The van der Waals surface area contributed by atoms with Crippen LogP contribution in [0.25, 0.3) is 5.95 Å². The molecule has 0 radical (unpaired) electrons. The van der Waals surface area contributed by atoms with Gasteiger partial charge < -0.3 is 5.32 Å². The second kappa shape index (κ2) is 6.50. The molecule has 116 valence electrons. The third-order valence-electron chi connectivity index (χ3n) is 3.69. The Morgan fingerprint density at radius 3 is 3.09 bits per heavy atom. The molecule has 0 unspecified atom stereocenters. The van der Waals surface area contributed by atoms with E-state index in [2.05, 4.69) is 36.7 Å². The van der Waals surface area contributed by atoms with Crippen LogP contribution in [0.3, 0.4) is 0 Å². The molecule has 3 rings (SSSR count). The highest BCUT2D eigenvalue weighted by atomic mass is 16.2. The molecule has 2 heterocycles. The fraction of sp³-hybridized carbons (Fsp3) is 0.500. The molecule has 8 heteroatoms. The molecule has 0 aliphatic heterocycles. The van der Waals surface area contributed by atoms with Gasteiger partial charge in [0.1, 0.15) is 12.2 Å². The molecule has 0 aromatic carbocycles. The van der Waals surface area contributed by atoms with E-state index >= 15 is 0 Å². The van der Waals surface area contributed by atoms with E-state index in [0.29, 0.717) is 18.3 Å². The van der Waals surface area contributed by atoms with Crippen LogP contribution >= 0.6 is 0 Å². The number of aromatic nitrogens is 6. The summed E-state index contributed by atoms with van der Waals surface area (Å²) in [5.74, 6) is 0.901. The summed E-state index contributed by atoms with van der Waals surface area (Å²) in [6.45, 7) is 2.37. The topological polar surface area (TPSA) is 101 Å². The zero-order valence-corrected chi connectivity index (χ0v) is 12.5. The van der Waals surface area contributed by atoms with Gasteiger partial charge in [0, 0.05) is 6.54 Å². The van der Waals surface area contributed by atoms with Gasteiger partial charge in [0.2, 0.25) is 11.8 Å². The quantitative estimate of drug-likeness (QED) is 0.811. The Morgan fingerprint density at radius 1 is 1.45 bits per heavy atom. The first kappa shape index (κ1) is 14.4. The Balaban J connectivity index is 1.58. The molecular weight excluding hydrogens is 282 g/mol. The van der Waals surface area contributed by atoms with Crippen LogP contribution in [-0.4, -0.2) is 42.4 Å². The number of hydrogen-bond donors (Lipinski definition) is 2. The molecule has 0 atom stereocenters. The molecular formula is C14H19N7O. The average molecular weight is 301 g/mol. The van der Waals surface area contributed by atoms with Crippen LogP contribution in [0.1, 0.15) is 48.5 Å². The summed E-state index contributed by atoms with van der Waals surface area (Å²) >= 11 is 0. The van der Waals surface area contributed by atoms with Crippen LogP contribution in [0.2, 0.25) is 0 Å². The molecule has 0 bridgehead atoms. The number of carbonyl (C=O) groups excluding carboxylic acids is 1. The van der Waals surface area contributed by atoms with Crippen molar-refractivity contribution in [3.05, 3.63) is 29.6 Å². The lowest BCUT2D eigenvalue weighted by atomic mass is 9.97. The monoisotopic (exact) mass is 301 g/mol. The summed E-state index contributed by atoms with van der Waals surface area (Å²) in [6.07, 6.45) is 9.40. The van der Waals surface area contributed by atoms with E-state index in [4.69, 9.17) is 0 Å².